The number of anilines is 12. The van der Waals surface area contributed by atoms with E-state index in [1.54, 1.807) is 0 Å². The van der Waals surface area contributed by atoms with Crippen LogP contribution < -0.4 is 38.5 Å². The van der Waals surface area contributed by atoms with Gasteiger partial charge in [0.25, 0.3) is 0 Å². The zero-order valence-corrected chi connectivity index (χ0v) is 58.4. The van der Waals surface area contributed by atoms with Crippen LogP contribution in [-0.4, -0.2) is 37.5 Å². The Bertz CT molecular complexity index is 6170. The summed E-state index contributed by atoms with van der Waals surface area (Å²) in [4.78, 5) is 28.8. The van der Waals surface area contributed by atoms with Crippen molar-refractivity contribution in [2.75, 3.05) is 19.6 Å². The van der Waals surface area contributed by atoms with Gasteiger partial charge in [0.05, 0.1) is 114 Å². The Morgan fingerprint density at radius 1 is 0.234 bits per heavy atom. The van der Waals surface area contributed by atoms with Gasteiger partial charge in [0.2, 0.25) is 0 Å². The minimum absolute atomic E-state index is 0.766. The van der Waals surface area contributed by atoms with Gasteiger partial charge in [0, 0.05) is 40.4 Å². The number of para-hydroxylation sites is 16. The topological polar surface area (TPSA) is 119 Å². The van der Waals surface area contributed by atoms with Crippen molar-refractivity contribution in [3.05, 3.63) is 351 Å². The largest absolute Gasteiger partial charge is 0.453 e. The van der Waals surface area contributed by atoms with Crippen LogP contribution in [0.1, 0.15) is 0 Å². The lowest BCUT2D eigenvalue weighted by Crippen LogP contribution is -2.21. The molecule has 13 aromatic carbocycles. The highest BCUT2D eigenvalue weighted by atomic mass is 79.9. The Kier molecular flexibility index (Phi) is 14.3. The first-order valence-electron chi connectivity index (χ1n) is 35.1. The predicted octanol–water partition coefficient (Wildman–Crippen LogP) is 24.4. The molecule has 0 saturated carbocycles. The first-order chi connectivity index (χ1) is 53.0. The van der Waals surface area contributed by atoms with E-state index < -0.39 is 0 Å². The predicted molar refractivity (Wildman–Crippen MR) is 427 cm³/mol. The molecule has 4 aliphatic rings. The fraction of sp³-hybridized carbons (Fsp3) is 0. The fourth-order valence-electron chi connectivity index (χ4n) is 15.3. The van der Waals surface area contributed by atoms with E-state index in [4.69, 9.17) is 28.9 Å². The maximum atomic E-state index is 6.56. The van der Waals surface area contributed by atoms with Gasteiger partial charge >= 0.3 is 0 Å². The number of halogens is 1. The molecular formula is C90H57BrN12O4. The van der Waals surface area contributed by atoms with Crippen LogP contribution in [0.5, 0.6) is 46.0 Å². The number of fused-ring (bicyclic) bond motifs is 20. The quantitative estimate of drug-likeness (QED) is 0.158. The molecule has 0 amide bonds. The maximum absolute atomic E-state index is 6.56. The normalized spacial score (nSPS) is 12.8. The number of rotatable bonds is 6. The van der Waals surface area contributed by atoms with Crippen LogP contribution in [0.25, 0.3) is 67.2 Å². The summed E-state index contributed by atoms with van der Waals surface area (Å²) in [5, 5.41) is 0. The van der Waals surface area contributed by atoms with Crippen LogP contribution in [-0.2, 0) is 0 Å². The van der Waals surface area contributed by atoms with Gasteiger partial charge in [-0.15, -0.1) is 0 Å². The van der Waals surface area contributed by atoms with E-state index in [0.29, 0.717) is 0 Å². The number of hydrogen-bond acceptors (Lipinski definition) is 12. The number of aromatic nitrogens is 8. The Labute approximate surface area is 620 Å². The Balaban J connectivity index is 0.000000128. The highest BCUT2D eigenvalue weighted by molar-refractivity contribution is 9.10. The molecule has 107 heavy (non-hydrogen) atoms. The Morgan fingerprint density at radius 2 is 0.477 bits per heavy atom. The summed E-state index contributed by atoms with van der Waals surface area (Å²) in [6.45, 7) is 0. The second kappa shape index (κ2) is 24.9. The van der Waals surface area contributed by atoms with Crippen LogP contribution in [0.4, 0.5) is 68.2 Å². The third kappa shape index (κ3) is 9.96. The van der Waals surface area contributed by atoms with Crippen LogP contribution in [0.15, 0.2) is 351 Å². The summed E-state index contributed by atoms with van der Waals surface area (Å²) in [6.07, 6.45) is 11.6. The van der Waals surface area contributed by atoms with Crippen LogP contribution in [0.3, 0.4) is 0 Å². The van der Waals surface area contributed by atoms with Crippen molar-refractivity contribution in [1.29, 1.82) is 0 Å². The highest BCUT2D eigenvalue weighted by Gasteiger charge is 2.37. The molecule has 0 spiro atoms. The van der Waals surface area contributed by atoms with Crippen LogP contribution >= 0.6 is 15.9 Å². The summed E-state index contributed by atoms with van der Waals surface area (Å²) in [5.74, 6) is 6.25. The zero-order chi connectivity index (χ0) is 70.6. The molecule has 16 nitrogen and oxygen atoms in total. The number of hydrogen-bond donors (Lipinski definition) is 0. The van der Waals surface area contributed by atoms with E-state index in [1.165, 1.54) is 0 Å². The fourth-order valence-corrected chi connectivity index (χ4v) is 15.6. The van der Waals surface area contributed by atoms with E-state index in [9.17, 15) is 0 Å². The molecule has 17 heteroatoms. The molecule has 0 fully saturated rings. The molecule has 0 N–H and O–H groups in total. The molecule has 0 radical (unpaired) electrons. The van der Waals surface area contributed by atoms with Gasteiger partial charge < -0.3 is 38.5 Å². The lowest BCUT2D eigenvalue weighted by molar-refractivity contribution is 0.476. The Hall–Kier alpha value is -14.4. The molecule has 0 bridgehead atoms. The summed E-state index contributed by atoms with van der Waals surface area (Å²) in [5.41, 5.74) is 22.5. The van der Waals surface area contributed by atoms with E-state index in [2.05, 4.69) is 209 Å². The van der Waals surface area contributed by atoms with Gasteiger partial charge in [-0.1, -0.05) is 192 Å². The highest BCUT2D eigenvalue weighted by Crippen LogP contribution is 2.60. The van der Waals surface area contributed by atoms with Gasteiger partial charge in [-0.3, -0.25) is 17.6 Å². The number of ether oxygens (including phenoxy) is 4. The lowest BCUT2D eigenvalue weighted by atomic mass is 10.1. The van der Waals surface area contributed by atoms with Gasteiger partial charge in [-0.25, -0.2) is 19.9 Å². The van der Waals surface area contributed by atoms with E-state index in [-0.39, 0.29) is 0 Å². The van der Waals surface area contributed by atoms with Crippen molar-refractivity contribution in [1.82, 2.24) is 37.5 Å². The first-order valence-corrected chi connectivity index (χ1v) is 35.9. The second-order valence-corrected chi connectivity index (χ2v) is 26.9. The van der Waals surface area contributed by atoms with Crippen LogP contribution in [0.2, 0.25) is 0 Å². The molecule has 0 unspecified atom stereocenters. The third-order valence-electron chi connectivity index (χ3n) is 19.9. The molecule has 10 heterocycles. The summed E-state index contributed by atoms with van der Waals surface area (Å²) >= 11 is 3.31. The molecule has 23 rings (SSSR count). The number of imidazole rings is 4. The number of nitrogens with zero attached hydrogens (tertiary/aromatic N) is 12. The average Bonchev–Trinajstić information content (AvgIpc) is 1.68. The van der Waals surface area contributed by atoms with Crippen molar-refractivity contribution in [2.45, 2.75) is 0 Å². The smallest absolute Gasteiger partial charge is 0.182 e. The second-order valence-electron chi connectivity index (χ2n) is 26.0. The lowest BCUT2D eigenvalue weighted by Gasteiger charge is -2.38. The molecule has 508 valence electrons. The zero-order valence-electron chi connectivity index (χ0n) is 56.8. The summed E-state index contributed by atoms with van der Waals surface area (Å²) in [6, 6.07) is 106. The first kappa shape index (κ1) is 61.3. The van der Waals surface area contributed by atoms with Gasteiger partial charge in [-0.05, 0) is 133 Å². The van der Waals surface area contributed by atoms with E-state index >= 15 is 0 Å². The summed E-state index contributed by atoms with van der Waals surface area (Å²) < 4.78 is 35.8. The molecule has 0 aliphatic carbocycles. The molecule has 6 aromatic heterocycles. The molecule has 0 atom stereocenters. The van der Waals surface area contributed by atoms with Crippen molar-refractivity contribution in [3.63, 3.8) is 0 Å². The van der Waals surface area contributed by atoms with Crippen molar-refractivity contribution >= 4 is 129 Å². The Morgan fingerprint density at radius 3 is 0.738 bits per heavy atom. The van der Waals surface area contributed by atoms with Gasteiger partial charge in [0.15, 0.2) is 68.6 Å². The van der Waals surface area contributed by atoms with Crippen LogP contribution in [0, 0.1) is 0 Å². The number of benzene rings is 13. The standard InChI is InChI=1S/C48H30N6O2.C36H22N6O2.C6H5Br/c1-3-15-31(16-4-1)41-29-49-47-48-50-30-42(32-17-5-2-6-18-32)54(48)40-28-38(52-35-21-9-13-25-45(35)56-46-26-14-10-22-36(46)52)37(27-39(40)53(41)47)51-33-19-7-11-23-43(33)55-44-24-12-8-20-34(44)51;1-5-13-31-23(9-1)41(24-10-2-6-14-32(24)43-31)29-21-27-28(40-20-18-38-36(40)35-37-17-19-39(27)35)22-30(29)42-25-11-3-7-15-33(25)44-34-16-8-4-12-26(34)42;7-6-4-2-1-3-5-6/h1-30H;1-22H;1-5H. The molecule has 4 aliphatic heterocycles. The monoisotopic (exact) mass is 1450 g/mol. The third-order valence-corrected chi connectivity index (χ3v) is 20.4. The van der Waals surface area contributed by atoms with Gasteiger partial charge in [0.1, 0.15) is 0 Å². The average molecular weight is 1450 g/mol. The minimum Gasteiger partial charge on any atom is -0.453 e. The SMILES string of the molecule is Brc1ccccc1.c1ccc(-c2cnc3c4ncc(-c5ccccc5)n4c4cc(N5c6ccccc6Oc6ccccc65)c(N5c6ccccc6Oc6ccccc65)cc4n23)cc1.c1ccc2c(c1)Oc1ccccc1N2c1cc2c(cc1N1c3ccccc3Oc3ccccc31)n1ccnc1c1nccn21. The van der Waals surface area contributed by atoms with E-state index in [0.717, 1.165) is 186 Å². The van der Waals surface area contributed by atoms with Crippen molar-refractivity contribution < 1.29 is 18.9 Å². The summed E-state index contributed by atoms with van der Waals surface area (Å²) in [7, 11) is 0. The van der Waals surface area contributed by atoms with E-state index in [1.807, 2.05) is 201 Å². The van der Waals surface area contributed by atoms with Crippen molar-refractivity contribution in [2.24, 2.45) is 0 Å². The van der Waals surface area contributed by atoms with Gasteiger partial charge in [-0.2, -0.15) is 0 Å². The minimum atomic E-state index is 0.766. The molecule has 0 saturated heterocycles. The molecular weight excluding hydrogens is 1390 g/mol. The molecule has 19 aromatic rings. The van der Waals surface area contributed by atoms with Crippen molar-refractivity contribution in [3.8, 4) is 68.5 Å². The maximum Gasteiger partial charge on any atom is 0.182 e.